The fraction of sp³-hybridized carbons (Fsp3) is 0.381. The van der Waals surface area contributed by atoms with Gasteiger partial charge in [-0.25, -0.2) is 12.7 Å². The summed E-state index contributed by atoms with van der Waals surface area (Å²) in [4.78, 5) is 13.3. The van der Waals surface area contributed by atoms with E-state index in [0.717, 1.165) is 29.7 Å². The lowest BCUT2D eigenvalue weighted by Crippen LogP contribution is -2.53. The molecule has 1 saturated heterocycles. The number of benzene rings is 2. The second-order valence-corrected chi connectivity index (χ2v) is 9.65. The molecule has 1 aliphatic carbocycles. The van der Waals surface area contributed by atoms with Gasteiger partial charge in [0.15, 0.2) is 0 Å². The molecule has 6 heteroatoms. The van der Waals surface area contributed by atoms with Crippen LogP contribution in [0.4, 0.5) is 5.69 Å². The van der Waals surface area contributed by atoms with Gasteiger partial charge >= 0.3 is 0 Å². The predicted octanol–water partition coefficient (Wildman–Crippen LogP) is 3.02. The Morgan fingerprint density at radius 2 is 1.81 bits per heavy atom. The van der Waals surface area contributed by atoms with E-state index in [2.05, 4.69) is 0 Å². The Kier molecular flexibility index (Phi) is 3.47. The third kappa shape index (κ3) is 2.16. The van der Waals surface area contributed by atoms with Crippen molar-refractivity contribution in [2.45, 2.75) is 55.0 Å². The lowest BCUT2D eigenvalue weighted by molar-refractivity contribution is -0.124. The van der Waals surface area contributed by atoms with E-state index in [1.54, 1.807) is 24.3 Å². The SMILES string of the molecule is Cc1ccc(S(=O)(=O)N2C(=O)C[C@]34c5ccccc5[N][C@H]3CCC[C@H]24)cc1. The van der Waals surface area contributed by atoms with Gasteiger partial charge in [0.05, 0.1) is 28.1 Å². The van der Waals surface area contributed by atoms with Crippen LogP contribution in [0.15, 0.2) is 53.4 Å². The molecule has 1 spiro atoms. The summed E-state index contributed by atoms with van der Waals surface area (Å²) >= 11 is 0. The molecule has 2 aliphatic heterocycles. The highest BCUT2D eigenvalue weighted by Gasteiger charge is 2.64. The standard InChI is InChI=1S/C21H21N2O3S/c1-14-9-11-15(12-10-14)27(25,26)23-19-8-4-7-18-21(19,13-20(23)24)16-5-2-3-6-17(16)22-18/h2-3,5-6,9-12,18-19H,4,7-8,13H2,1H3/t18-,19-,21-/m0/s1. The number of carbonyl (C=O) groups is 1. The summed E-state index contributed by atoms with van der Waals surface area (Å²) in [6.07, 6.45) is 2.68. The minimum absolute atomic E-state index is 0.0178. The predicted molar refractivity (Wildman–Crippen MR) is 101 cm³/mol. The van der Waals surface area contributed by atoms with Gasteiger partial charge in [-0.2, -0.15) is 0 Å². The summed E-state index contributed by atoms with van der Waals surface area (Å²) in [7, 11) is -3.88. The number of para-hydroxylation sites is 1. The fourth-order valence-electron chi connectivity index (χ4n) is 5.21. The van der Waals surface area contributed by atoms with E-state index in [0.29, 0.717) is 6.42 Å². The second kappa shape index (κ2) is 5.58. The zero-order chi connectivity index (χ0) is 18.8. The maximum atomic E-state index is 13.4. The average molecular weight is 381 g/mol. The topological polar surface area (TPSA) is 68.6 Å². The van der Waals surface area contributed by atoms with Crippen LogP contribution in [-0.2, 0) is 20.2 Å². The first kappa shape index (κ1) is 16.8. The van der Waals surface area contributed by atoms with Crippen molar-refractivity contribution in [3.8, 4) is 0 Å². The molecule has 5 rings (SSSR count). The smallest absolute Gasteiger partial charge is 0.266 e. The Bertz CT molecular complexity index is 1030. The number of hydrogen-bond acceptors (Lipinski definition) is 3. The van der Waals surface area contributed by atoms with Crippen molar-refractivity contribution in [2.24, 2.45) is 0 Å². The summed E-state index contributed by atoms with van der Waals surface area (Å²) in [5, 5.41) is 4.87. The van der Waals surface area contributed by atoms with Gasteiger partial charge < -0.3 is 0 Å². The molecule has 1 radical (unpaired) electrons. The average Bonchev–Trinajstić information content (AvgIpc) is 3.14. The van der Waals surface area contributed by atoms with Gasteiger partial charge in [0, 0.05) is 6.42 Å². The molecule has 27 heavy (non-hydrogen) atoms. The quantitative estimate of drug-likeness (QED) is 0.803. The lowest BCUT2D eigenvalue weighted by atomic mass is 9.65. The number of carbonyl (C=O) groups excluding carboxylic acids is 1. The van der Waals surface area contributed by atoms with Gasteiger partial charge in [-0.1, -0.05) is 35.9 Å². The first-order valence-electron chi connectivity index (χ1n) is 9.39. The number of fused-ring (bicyclic) bond motifs is 1. The van der Waals surface area contributed by atoms with Crippen molar-refractivity contribution in [3.05, 3.63) is 59.7 Å². The van der Waals surface area contributed by atoms with Crippen LogP contribution in [0.5, 0.6) is 0 Å². The van der Waals surface area contributed by atoms with Crippen LogP contribution in [0, 0.1) is 6.92 Å². The number of rotatable bonds is 2. The zero-order valence-electron chi connectivity index (χ0n) is 15.1. The summed E-state index contributed by atoms with van der Waals surface area (Å²) in [5.41, 5.74) is 2.43. The third-order valence-electron chi connectivity index (χ3n) is 6.40. The van der Waals surface area contributed by atoms with Crippen molar-refractivity contribution in [3.63, 3.8) is 0 Å². The largest absolute Gasteiger partial charge is 0.281 e. The van der Waals surface area contributed by atoms with Gasteiger partial charge in [0.2, 0.25) is 5.91 Å². The van der Waals surface area contributed by atoms with Crippen LogP contribution in [0.25, 0.3) is 0 Å². The molecule has 3 atom stereocenters. The minimum atomic E-state index is -3.88. The number of aryl methyl sites for hydroxylation is 1. The van der Waals surface area contributed by atoms with Crippen LogP contribution in [0.2, 0.25) is 0 Å². The third-order valence-corrected chi connectivity index (χ3v) is 8.24. The lowest BCUT2D eigenvalue weighted by Gasteiger charge is -2.42. The van der Waals surface area contributed by atoms with E-state index in [1.807, 2.05) is 31.2 Å². The van der Waals surface area contributed by atoms with Gasteiger partial charge in [0.25, 0.3) is 10.0 Å². The summed E-state index contributed by atoms with van der Waals surface area (Å²) < 4.78 is 27.9. The Balaban J connectivity index is 1.65. The van der Waals surface area contributed by atoms with E-state index in [1.165, 1.54) is 4.31 Å². The van der Waals surface area contributed by atoms with Gasteiger partial charge in [-0.3, -0.25) is 10.1 Å². The summed E-state index contributed by atoms with van der Waals surface area (Å²) in [6, 6.07) is 14.3. The van der Waals surface area contributed by atoms with Crippen LogP contribution in [-0.4, -0.2) is 30.7 Å². The Hall–Kier alpha value is -2.34. The normalized spacial score (nSPS) is 29.1. The zero-order valence-corrected chi connectivity index (χ0v) is 15.9. The summed E-state index contributed by atoms with van der Waals surface area (Å²) in [6.45, 7) is 1.91. The van der Waals surface area contributed by atoms with Crippen molar-refractivity contribution < 1.29 is 13.2 Å². The van der Waals surface area contributed by atoms with Gasteiger partial charge in [0.1, 0.15) is 0 Å². The number of nitrogens with zero attached hydrogens (tertiary/aromatic N) is 2. The van der Waals surface area contributed by atoms with Crippen LogP contribution in [0.1, 0.15) is 36.8 Å². The minimum Gasteiger partial charge on any atom is -0.281 e. The Labute approximate surface area is 159 Å². The summed E-state index contributed by atoms with van der Waals surface area (Å²) in [5.74, 6) is -0.306. The number of hydrogen-bond donors (Lipinski definition) is 0. The van der Waals surface area contributed by atoms with Crippen LogP contribution < -0.4 is 5.32 Å². The molecule has 0 bridgehead atoms. The van der Waals surface area contributed by atoms with Crippen molar-refractivity contribution >= 4 is 21.6 Å². The Morgan fingerprint density at radius 1 is 1.07 bits per heavy atom. The van der Waals surface area contributed by atoms with Crippen molar-refractivity contribution in [1.82, 2.24) is 9.62 Å². The molecule has 2 heterocycles. The molecule has 1 saturated carbocycles. The van der Waals surface area contributed by atoms with Gasteiger partial charge in [-0.05, 0) is 49.9 Å². The van der Waals surface area contributed by atoms with Crippen molar-refractivity contribution in [1.29, 1.82) is 0 Å². The van der Waals surface area contributed by atoms with Crippen LogP contribution >= 0.6 is 0 Å². The highest BCUT2D eigenvalue weighted by molar-refractivity contribution is 7.89. The molecule has 2 fully saturated rings. The maximum Gasteiger partial charge on any atom is 0.266 e. The Morgan fingerprint density at radius 3 is 2.59 bits per heavy atom. The molecule has 3 aliphatic rings. The molecule has 139 valence electrons. The molecule has 1 amide bonds. The van der Waals surface area contributed by atoms with Crippen molar-refractivity contribution in [2.75, 3.05) is 0 Å². The molecule has 5 nitrogen and oxygen atoms in total. The van der Waals surface area contributed by atoms with E-state index < -0.39 is 15.4 Å². The first-order chi connectivity index (χ1) is 12.9. The molecule has 0 unspecified atom stereocenters. The van der Waals surface area contributed by atoms with Crippen LogP contribution in [0.3, 0.4) is 0 Å². The molecular weight excluding hydrogens is 360 g/mol. The van der Waals surface area contributed by atoms with E-state index in [4.69, 9.17) is 5.32 Å². The molecular formula is C21H21N2O3S. The maximum absolute atomic E-state index is 13.4. The second-order valence-electron chi connectivity index (χ2n) is 7.83. The highest BCUT2D eigenvalue weighted by atomic mass is 32.2. The van der Waals surface area contributed by atoms with E-state index >= 15 is 0 Å². The van der Waals surface area contributed by atoms with Gasteiger partial charge in [-0.15, -0.1) is 0 Å². The fourth-order valence-corrected chi connectivity index (χ4v) is 6.88. The molecule has 0 aromatic heterocycles. The highest BCUT2D eigenvalue weighted by Crippen LogP contribution is 2.56. The molecule has 0 N–H and O–H groups in total. The molecule has 2 aromatic carbocycles. The first-order valence-corrected chi connectivity index (χ1v) is 10.8. The van der Waals surface area contributed by atoms with E-state index in [-0.39, 0.29) is 29.3 Å². The van der Waals surface area contributed by atoms with E-state index in [9.17, 15) is 13.2 Å². The monoisotopic (exact) mass is 381 g/mol. The number of sulfonamides is 1. The molecule has 2 aromatic rings. The number of amides is 1.